The van der Waals surface area contributed by atoms with E-state index in [-0.39, 0.29) is 11.8 Å². The first-order valence-corrected chi connectivity index (χ1v) is 21.7. The van der Waals surface area contributed by atoms with Gasteiger partial charge in [-0.05, 0) is 72.9 Å². The van der Waals surface area contributed by atoms with Gasteiger partial charge in [-0.2, -0.15) is 0 Å². The molecule has 5 aliphatic rings. The number of fused-ring (bicyclic) bond motifs is 7. The van der Waals surface area contributed by atoms with Gasteiger partial charge in [0.1, 0.15) is 39.0 Å². The highest BCUT2D eigenvalue weighted by atomic mass is 35.5. The summed E-state index contributed by atoms with van der Waals surface area (Å²) in [6.07, 6.45) is 18.2. The van der Waals surface area contributed by atoms with Crippen molar-refractivity contribution in [1.82, 2.24) is 29.7 Å². The standard InChI is InChI=1S/C25H27N5O2S.C16H18ClN3OS/c1-32-20-10-17-12-26-11-16(17)9-19(20)29-23-22-18-7-8-30(25(31)15-5-3-2-4-6-15)13-21(18)33-24(22)28-14-27-23;17-14-13-11-6-7-20(16(21)10-4-2-1-3-5-10)8-12(11)22-15(13)19-9-18-14/h9-11,14-15H,2-8,12-13H2,1H3,(H,27,28,29);9-10H,1-8H2. The zero-order chi connectivity index (χ0) is 37.5. The van der Waals surface area contributed by atoms with Crippen LogP contribution in [0.3, 0.4) is 0 Å². The predicted octanol–water partition coefficient (Wildman–Crippen LogP) is 8.65. The highest BCUT2D eigenvalue weighted by molar-refractivity contribution is 7.19. The zero-order valence-electron chi connectivity index (χ0n) is 31.1. The molecule has 0 atom stereocenters. The molecule has 0 spiro atoms. The minimum absolute atomic E-state index is 0.211. The molecule has 0 radical (unpaired) electrons. The molecule has 0 bridgehead atoms. The number of ether oxygens (including phenoxy) is 1. The number of benzene rings is 1. The molecule has 3 aliphatic heterocycles. The van der Waals surface area contributed by atoms with E-state index in [2.05, 4.69) is 41.2 Å². The molecular formula is C41H45ClN8O3S2. The van der Waals surface area contributed by atoms with Gasteiger partial charge < -0.3 is 19.9 Å². The lowest BCUT2D eigenvalue weighted by atomic mass is 9.88. The molecule has 2 aliphatic carbocycles. The van der Waals surface area contributed by atoms with Crippen LogP contribution >= 0.6 is 34.3 Å². The van der Waals surface area contributed by atoms with Crippen molar-refractivity contribution in [3.63, 3.8) is 0 Å². The average Bonchev–Trinajstić information content (AvgIpc) is 3.96. The van der Waals surface area contributed by atoms with Crippen LogP contribution in [-0.2, 0) is 42.1 Å². The highest BCUT2D eigenvalue weighted by Crippen LogP contribution is 2.41. The molecule has 2 fully saturated rings. The number of nitrogens with one attached hydrogen (secondary N) is 1. The van der Waals surface area contributed by atoms with Crippen molar-refractivity contribution in [3.8, 4) is 5.75 Å². The maximum absolute atomic E-state index is 13.1. The van der Waals surface area contributed by atoms with Crippen LogP contribution in [-0.4, -0.2) is 68.0 Å². The van der Waals surface area contributed by atoms with Gasteiger partial charge in [0.25, 0.3) is 0 Å². The number of hydrogen-bond acceptors (Lipinski definition) is 11. The summed E-state index contributed by atoms with van der Waals surface area (Å²) in [6.45, 7) is 3.64. The Kier molecular flexibility index (Phi) is 10.4. The lowest BCUT2D eigenvalue weighted by Crippen LogP contribution is -2.39. The van der Waals surface area contributed by atoms with Crippen LogP contribution in [0, 0.1) is 11.8 Å². The van der Waals surface area contributed by atoms with Crippen molar-refractivity contribution in [2.45, 2.75) is 96.7 Å². The van der Waals surface area contributed by atoms with Crippen molar-refractivity contribution >= 4 is 84.2 Å². The van der Waals surface area contributed by atoms with E-state index in [4.69, 9.17) is 16.3 Å². The van der Waals surface area contributed by atoms with Gasteiger partial charge in [-0.15, -0.1) is 22.7 Å². The highest BCUT2D eigenvalue weighted by Gasteiger charge is 2.32. The lowest BCUT2D eigenvalue weighted by molar-refractivity contribution is -0.138. The fourth-order valence-corrected chi connectivity index (χ4v) is 11.7. The first kappa shape index (κ1) is 36.4. The molecule has 7 heterocycles. The maximum atomic E-state index is 13.1. The third kappa shape index (κ3) is 7.19. The summed E-state index contributed by atoms with van der Waals surface area (Å²) >= 11 is 9.57. The number of halogens is 1. The summed E-state index contributed by atoms with van der Waals surface area (Å²) in [5.74, 6) is 2.71. The second kappa shape index (κ2) is 15.7. The topological polar surface area (TPSA) is 126 Å². The first-order valence-electron chi connectivity index (χ1n) is 19.7. The Morgan fingerprint density at radius 3 is 1.98 bits per heavy atom. The summed E-state index contributed by atoms with van der Waals surface area (Å²) in [5, 5.41) is 6.11. The second-order valence-electron chi connectivity index (χ2n) is 15.3. The second-order valence-corrected chi connectivity index (χ2v) is 17.8. The molecule has 2 saturated carbocycles. The quantitative estimate of drug-likeness (QED) is 0.175. The van der Waals surface area contributed by atoms with Gasteiger partial charge in [-0.25, -0.2) is 19.9 Å². The van der Waals surface area contributed by atoms with E-state index in [0.29, 0.717) is 36.6 Å². The Morgan fingerprint density at radius 1 is 0.782 bits per heavy atom. The number of carbonyl (C=O) groups is 2. The molecule has 14 heteroatoms. The summed E-state index contributed by atoms with van der Waals surface area (Å²) in [5.41, 5.74) is 5.66. The molecule has 1 aromatic carbocycles. The van der Waals surface area contributed by atoms with Gasteiger partial charge in [-0.1, -0.05) is 50.1 Å². The van der Waals surface area contributed by atoms with E-state index >= 15 is 0 Å². The molecule has 2 amide bonds. The fraction of sp³-hybridized carbons (Fsp3) is 0.488. The molecule has 0 saturated heterocycles. The maximum Gasteiger partial charge on any atom is 0.226 e. The summed E-state index contributed by atoms with van der Waals surface area (Å²) in [6, 6.07) is 4.11. The zero-order valence-corrected chi connectivity index (χ0v) is 33.5. The average molecular weight is 797 g/mol. The van der Waals surface area contributed by atoms with Gasteiger partial charge in [0.05, 0.1) is 43.2 Å². The lowest BCUT2D eigenvalue weighted by Gasteiger charge is -2.32. The summed E-state index contributed by atoms with van der Waals surface area (Å²) < 4.78 is 5.64. The molecule has 286 valence electrons. The van der Waals surface area contributed by atoms with Gasteiger partial charge in [0.2, 0.25) is 11.8 Å². The number of rotatable bonds is 5. The van der Waals surface area contributed by atoms with Crippen LogP contribution in [0.1, 0.15) is 96.2 Å². The van der Waals surface area contributed by atoms with E-state index in [9.17, 15) is 9.59 Å². The van der Waals surface area contributed by atoms with Crippen molar-refractivity contribution in [1.29, 1.82) is 0 Å². The van der Waals surface area contributed by atoms with Crippen LogP contribution in [0.2, 0.25) is 5.15 Å². The number of nitrogens with zero attached hydrogens (tertiary/aromatic N) is 7. The number of methoxy groups -OCH3 is 1. The molecule has 10 rings (SSSR count). The van der Waals surface area contributed by atoms with E-state index in [1.165, 1.54) is 71.3 Å². The van der Waals surface area contributed by atoms with Crippen LogP contribution in [0.5, 0.6) is 5.75 Å². The number of hydrogen-bond donors (Lipinski definition) is 1. The minimum atomic E-state index is 0.211. The van der Waals surface area contributed by atoms with Crippen molar-refractivity contribution < 1.29 is 14.3 Å². The number of aromatic nitrogens is 4. The van der Waals surface area contributed by atoms with Gasteiger partial charge >= 0.3 is 0 Å². The number of carbonyl (C=O) groups excluding carboxylic acids is 2. The first-order chi connectivity index (χ1) is 26.9. The van der Waals surface area contributed by atoms with Crippen LogP contribution in [0.4, 0.5) is 11.5 Å². The molecule has 11 nitrogen and oxygen atoms in total. The molecule has 4 aromatic heterocycles. The Hall–Kier alpha value is -4.20. The van der Waals surface area contributed by atoms with E-state index in [1.54, 1.807) is 36.1 Å². The largest absolute Gasteiger partial charge is 0.495 e. The van der Waals surface area contributed by atoms with Crippen molar-refractivity contribution in [2.75, 3.05) is 25.5 Å². The van der Waals surface area contributed by atoms with Gasteiger partial charge in [-0.3, -0.25) is 14.6 Å². The predicted molar refractivity (Wildman–Crippen MR) is 219 cm³/mol. The molecule has 55 heavy (non-hydrogen) atoms. The third-order valence-electron chi connectivity index (χ3n) is 12.0. The van der Waals surface area contributed by atoms with E-state index in [0.717, 1.165) is 94.9 Å². The van der Waals surface area contributed by atoms with Gasteiger partial charge in [0, 0.05) is 40.9 Å². The smallest absolute Gasteiger partial charge is 0.226 e. The number of thiophene rings is 2. The van der Waals surface area contributed by atoms with Gasteiger partial charge in [0.15, 0.2) is 0 Å². The number of aliphatic imine (C=N–C) groups is 1. The summed E-state index contributed by atoms with van der Waals surface area (Å²) in [7, 11) is 1.68. The van der Waals surface area contributed by atoms with Crippen molar-refractivity contribution in [3.05, 3.63) is 61.9 Å². The Balaban J connectivity index is 0.000000157. The normalized spacial score (nSPS) is 18.4. The third-order valence-corrected chi connectivity index (χ3v) is 14.5. The van der Waals surface area contributed by atoms with Crippen LogP contribution in [0.25, 0.3) is 20.4 Å². The molecule has 1 N–H and O–H groups in total. The van der Waals surface area contributed by atoms with E-state index < -0.39 is 0 Å². The van der Waals surface area contributed by atoms with E-state index in [1.807, 2.05) is 17.2 Å². The Labute approximate surface area is 333 Å². The van der Waals surface area contributed by atoms with Crippen molar-refractivity contribution in [2.24, 2.45) is 16.8 Å². The van der Waals surface area contributed by atoms with Crippen LogP contribution < -0.4 is 10.1 Å². The molecule has 5 aromatic rings. The fourth-order valence-electron chi connectivity index (χ4n) is 9.04. The number of anilines is 2. The Bertz CT molecular complexity index is 2290. The minimum Gasteiger partial charge on any atom is -0.495 e. The summed E-state index contributed by atoms with van der Waals surface area (Å²) in [4.78, 5) is 56.2. The van der Waals surface area contributed by atoms with Crippen LogP contribution in [0.15, 0.2) is 29.8 Å². The Morgan fingerprint density at radius 2 is 1.36 bits per heavy atom. The SMILES string of the molecule is COc1cc2c(cc1Nc1ncnc3sc4c(c13)CCN(C(=O)C1CCCCC1)C4)C=NC2.O=C(C1CCCCC1)N1CCc2c(sc3ncnc(Cl)c23)C1. The number of amides is 2. The monoisotopic (exact) mass is 796 g/mol. The molecular weight excluding hydrogens is 752 g/mol. The molecule has 0 unspecified atom stereocenters.